The number of methoxy groups -OCH3 is 2. The number of amides is 2. The van der Waals surface area contributed by atoms with Crippen molar-refractivity contribution in [2.24, 2.45) is 0 Å². The van der Waals surface area contributed by atoms with E-state index in [1.54, 1.807) is 25.3 Å². The number of benzene rings is 2. The first-order valence-corrected chi connectivity index (χ1v) is 11.9. The molecule has 0 saturated carbocycles. The van der Waals surface area contributed by atoms with Gasteiger partial charge < -0.3 is 19.7 Å². The van der Waals surface area contributed by atoms with Gasteiger partial charge in [0.15, 0.2) is 11.5 Å². The maximum atomic E-state index is 13.1. The third kappa shape index (κ3) is 6.39. The maximum absolute atomic E-state index is 13.1. The fourth-order valence-electron chi connectivity index (χ4n) is 4.57. The monoisotopic (exact) mass is 481 g/mol. The van der Waals surface area contributed by atoms with Crippen molar-refractivity contribution in [1.29, 1.82) is 0 Å². The van der Waals surface area contributed by atoms with Crippen molar-refractivity contribution in [2.45, 2.75) is 38.3 Å². The van der Waals surface area contributed by atoms with Crippen LogP contribution in [0.3, 0.4) is 0 Å². The van der Waals surface area contributed by atoms with E-state index < -0.39 is 0 Å². The molecule has 2 aromatic rings. The number of carbonyl (C=O) groups is 2. The van der Waals surface area contributed by atoms with E-state index in [1.807, 2.05) is 30.3 Å². The number of carbonyl (C=O) groups excluding carboxylic acids is 2. The van der Waals surface area contributed by atoms with E-state index in [0.717, 1.165) is 49.2 Å². The largest absolute Gasteiger partial charge is 0.493 e. The molecule has 0 radical (unpaired) electrons. The van der Waals surface area contributed by atoms with Crippen LogP contribution >= 0.6 is 0 Å². The molecule has 1 saturated heterocycles. The molecule has 0 atom stereocenters. The molecule has 7 nitrogen and oxygen atoms in total. The molecule has 2 aromatic carbocycles. The highest BCUT2D eigenvalue weighted by Gasteiger charge is 2.23. The fraction of sp³-hybridized carbons (Fsp3) is 0.407. The lowest BCUT2D eigenvalue weighted by atomic mass is 10.0. The minimum absolute atomic E-state index is 0.0479. The van der Waals surface area contributed by atoms with Crippen LogP contribution < -0.4 is 14.8 Å². The number of rotatable bonds is 8. The number of nitrogens with one attached hydrogen (secondary N) is 1. The first-order chi connectivity index (χ1) is 16.9. The molecule has 2 aliphatic heterocycles. The number of ether oxygens (including phenoxy) is 2. The Balaban J connectivity index is 1.23. The zero-order valence-corrected chi connectivity index (χ0v) is 20.3. The molecule has 0 aliphatic carbocycles. The van der Waals surface area contributed by atoms with Gasteiger partial charge in [-0.1, -0.05) is 12.1 Å². The normalized spacial score (nSPS) is 16.5. The first kappa shape index (κ1) is 24.7. The number of piperidine rings is 1. The van der Waals surface area contributed by atoms with Crippen molar-refractivity contribution in [3.63, 3.8) is 0 Å². The topological polar surface area (TPSA) is 71.1 Å². The molecule has 2 aliphatic rings. The molecule has 0 unspecified atom stereocenters. The molecule has 0 aromatic heterocycles. The van der Waals surface area contributed by atoms with E-state index in [-0.39, 0.29) is 36.5 Å². The predicted molar refractivity (Wildman–Crippen MR) is 131 cm³/mol. The summed E-state index contributed by atoms with van der Waals surface area (Å²) in [7, 11) is 3.15. The summed E-state index contributed by atoms with van der Waals surface area (Å²) in [6.45, 7) is 2.86. The van der Waals surface area contributed by atoms with Crippen LogP contribution in [0.4, 0.5) is 4.39 Å². The van der Waals surface area contributed by atoms with E-state index in [1.165, 1.54) is 12.1 Å². The van der Waals surface area contributed by atoms with E-state index in [9.17, 15) is 14.0 Å². The van der Waals surface area contributed by atoms with E-state index in [0.29, 0.717) is 18.0 Å². The molecule has 0 spiro atoms. The van der Waals surface area contributed by atoms with Crippen LogP contribution in [-0.2, 0) is 22.6 Å². The fourth-order valence-corrected chi connectivity index (χ4v) is 4.57. The smallest absolute Gasteiger partial charge is 0.230 e. The zero-order valence-electron chi connectivity index (χ0n) is 20.3. The van der Waals surface area contributed by atoms with Crippen molar-refractivity contribution in [1.82, 2.24) is 15.1 Å². The van der Waals surface area contributed by atoms with Gasteiger partial charge in [-0.3, -0.25) is 14.5 Å². The van der Waals surface area contributed by atoms with Crippen LogP contribution in [0.15, 0.2) is 42.6 Å². The Hall–Kier alpha value is -3.39. The summed E-state index contributed by atoms with van der Waals surface area (Å²) < 4.78 is 23.8. The second-order valence-electron chi connectivity index (χ2n) is 8.98. The first-order valence-electron chi connectivity index (χ1n) is 11.9. The van der Waals surface area contributed by atoms with Crippen LogP contribution in [0.1, 0.15) is 36.0 Å². The van der Waals surface area contributed by atoms with Gasteiger partial charge >= 0.3 is 0 Å². The van der Waals surface area contributed by atoms with Crippen LogP contribution in [-0.4, -0.2) is 61.5 Å². The van der Waals surface area contributed by atoms with E-state index in [2.05, 4.69) is 10.2 Å². The van der Waals surface area contributed by atoms with Gasteiger partial charge in [0.05, 0.1) is 20.6 Å². The summed E-state index contributed by atoms with van der Waals surface area (Å²) in [5.41, 5.74) is 2.85. The van der Waals surface area contributed by atoms with Crippen molar-refractivity contribution < 1.29 is 23.5 Å². The van der Waals surface area contributed by atoms with Crippen LogP contribution in [0.2, 0.25) is 0 Å². The van der Waals surface area contributed by atoms with Crippen molar-refractivity contribution in [3.05, 3.63) is 65.1 Å². The number of hydrogen-bond acceptors (Lipinski definition) is 5. The molecule has 8 heteroatoms. The highest BCUT2D eigenvalue weighted by Crippen LogP contribution is 2.32. The van der Waals surface area contributed by atoms with Crippen molar-refractivity contribution in [2.75, 3.05) is 33.9 Å². The summed E-state index contributed by atoms with van der Waals surface area (Å²) in [6, 6.07) is 10.4. The quantitative estimate of drug-likeness (QED) is 0.626. The zero-order chi connectivity index (χ0) is 24.8. The lowest BCUT2D eigenvalue weighted by Crippen LogP contribution is -2.45. The Labute approximate surface area is 205 Å². The minimum Gasteiger partial charge on any atom is -0.493 e. The molecule has 0 bridgehead atoms. The number of hydrogen-bond donors (Lipinski definition) is 1. The van der Waals surface area contributed by atoms with Gasteiger partial charge in [0.2, 0.25) is 11.8 Å². The van der Waals surface area contributed by atoms with E-state index in [4.69, 9.17) is 9.47 Å². The number of likely N-dealkylation sites (tertiary alicyclic amines) is 1. The third-order valence-corrected chi connectivity index (χ3v) is 6.59. The van der Waals surface area contributed by atoms with Crippen LogP contribution in [0, 0.1) is 5.82 Å². The Morgan fingerprint density at radius 2 is 1.77 bits per heavy atom. The van der Waals surface area contributed by atoms with Gasteiger partial charge in [-0.2, -0.15) is 0 Å². The van der Waals surface area contributed by atoms with Gasteiger partial charge in [-0.25, -0.2) is 4.39 Å². The number of halogens is 1. The second-order valence-corrected chi connectivity index (χ2v) is 8.98. The molecule has 1 fully saturated rings. The summed E-state index contributed by atoms with van der Waals surface area (Å²) in [4.78, 5) is 29.3. The second kappa shape index (κ2) is 11.4. The van der Waals surface area contributed by atoms with Gasteiger partial charge in [0.1, 0.15) is 5.82 Å². The Morgan fingerprint density at radius 3 is 2.46 bits per heavy atom. The summed E-state index contributed by atoms with van der Waals surface area (Å²) in [5.74, 6) is 0.865. The van der Waals surface area contributed by atoms with Crippen LogP contribution in [0.5, 0.6) is 11.5 Å². The van der Waals surface area contributed by atoms with Gasteiger partial charge in [0.25, 0.3) is 0 Å². The maximum Gasteiger partial charge on any atom is 0.230 e. The van der Waals surface area contributed by atoms with Crippen LogP contribution in [0.25, 0.3) is 6.08 Å². The van der Waals surface area contributed by atoms with E-state index >= 15 is 0 Å². The molecule has 35 heavy (non-hydrogen) atoms. The molecule has 186 valence electrons. The van der Waals surface area contributed by atoms with Crippen molar-refractivity contribution >= 4 is 17.9 Å². The molecular weight excluding hydrogens is 449 g/mol. The SMILES string of the molecule is COc1cc2c(cc1OC)CC(=O)N(CCC(=O)NC1CCN(Cc3ccc(F)cc3)CC1)C=C2. The predicted octanol–water partition coefficient (Wildman–Crippen LogP) is 3.37. The average Bonchev–Trinajstić information content (AvgIpc) is 3.01. The molecule has 4 rings (SSSR count). The molecule has 2 heterocycles. The molecule has 1 N–H and O–H groups in total. The van der Waals surface area contributed by atoms with Gasteiger partial charge in [-0.15, -0.1) is 0 Å². The summed E-state index contributed by atoms with van der Waals surface area (Å²) in [6.07, 6.45) is 5.83. The Bertz CT molecular complexity index is 1080. The number of nitrogens with zero attached hydrogens (tertiary/aromatic N) is 2. The van der Waals surface area contributed by atoms with Gasteiger partial charge in [0, 0.05) is 44.8 Å². The molecular formula is C27H32FN3O4. The lowest BCUT2D eigenvalue weighted by Gasteiger charge is -2.32. The standard InChI is InChI=1S/C27H32FN3O4/c1-34-24-15-20-7-13-31(27(33)17-21(20)16-25(24)35-2)14-10-26(32)29-23-8-11-30(12-9-23)18-19-3-5-22(28)6-4-19/h3-7,13,15-16,23H,8-12,14,17-18H2,1-2H3,(H,29,32). The lowest BCUT2D eigenvalue weighted by molar-refractivity contribution is -0.128. The minimum atomic E-state index is -0.225. The highest BCUT2D eigenvalue weighted by molar-refractivity contribution is 5.85. The van der Waals surface area contributed by atoms with Crippen molar-refractivity contribution in [3.8, 4) is 11.5 Å². The average molecular weight is 482 g/mol. The Kier molecular flexibility index (Phi) is 8.02. The number of fused-ring (bicyclic) bond motifs is 1. The third-order valence-electron chi connectivity index (χ3n) is 6.59. The molecule has 2 amide bonds. The van der Waals surface area contributed by atoms with Gasteiger partial charge in [-0.05, 0) is 59.9 Å². The summed E-state index contributed by atoms with van der Waals surface area (Å²) >= 11 is 0. The Morgan fingerprint density at radius 1 is 1.09 bits per heavy atom. The highest BCUT2D eigenvalue weighted by atomic mass is 19.1. The summed E-state index contributed by atoms with van der Waals surface area (Å²) in [5, 5.41) is 3.12.